The second-order valence-corrected chi connectivity index (χ2v) is 10.9. The van der Waals surface area contributed by atoms with Gasteiger partial charge in [-0.3, -0.25) is 9.78 Å². The van der Waals surface area contributed by atoms with Gasteiger partial charge in [0.2, 0.25) is 5.91 Å². The van der Waals surface area contributed by atoms with Crippen molar-refractivity contribution in [2.45, 2.75) is 46.7 Å². The predicted octanol–water partition coefficient (Wildman–Crippen LogP) is 6.62. The van der Waals surface area contributed by atoms with Crippen LogP contribution < -0.4 is 15.5 Å². The standard InChI is InChI=1S/C30H31ClN6OS/c1-17(2)29(38)34-24-12-11-21(16-23(24)31)37-27(26(35-30(37)39)25-10-6-7-13-32-25)22-15-19(4)36(20(22)5)28-18(3)9-8-14-33-28/h6-17,26-27H,1-5H3,(H,34,38)(H,35,39)/t26-,27-/m0/s1. The minimum Gasteiger partial charge on any atom is -0.351 e. The average molecular weight is 559 g/mol. The number of carbonyl (C=O) groups is 1. The van der Waals surface area contributed by atoms with Gasteiger partial charge in [0.15, 0.2) is 5.11 Å². The second-order valence-electron chi connectivity index (χ2n) is 10.1. The minimum absolute atomic E-state index is 0.0895. The summed E-state index contributed by atoms with van der Waals surface area (Å²) in [4.78, 5) is 23.7. The van der Waals surface area contributed by atoms with Crippen LogP contribution in [0.2, 0.25) is 5.02 Å². The smallest absolute Gasteiger partial charge is 0.226 e. The second kappa shape index (κ2) is 10.8. The maximum atomic E-state index is 12.3. The molecule has 39 heavy (non-hydrogen) atoms. The first-order chi connectivity index (χ1) is 18.7. The summed E-state index contributed by atoms with van der Waals surface area (Å²) in [6, 6.07) is 17.3. The third kappa shape index (κ3) is 5.02. The van der Waals surface area contributed by atoms with E-state index in [1.54, 1.807) is 6.20 Å². The van der Waals surface area contributed by atoms with Crippen LogP contribution in [0, 0.1) is 26.7 Å². The van der Waals surface area contributed by atoms with Crippen molar-refractivity contribution in [3.8, 4) is 5.82 Å². The molecular weight excluding hydrogens is 528 g/mol. The van der Waals surface area contributed by atoms with Crippen LogP contribution in [0.15, 0.2) is 67.0 Å². The molecule has 2 atom stereocenters. The lowest BCUT2D eigenvalue weighted by atomic mass is 9.96. The zero-order chi connectivity index (χ0) is 27.8. The number of amides is 1. The van der Waals surface area contributed by atoms with Crippen LogP contribution in [-0.2, 0) is 4.79 Å². The molecule has 2 N–H and O–H groups in total. The van der Waals surface area contributed by atoms with Gasteiger partial charge in [0.25, 0.3) is 0 Å². The molecule has 4 heterocycles. The fourth-order valence-corrected chi connectivity index (χ4v) is 5.67. The number of benzene rings is 1. The summed E-state index contributed by atoms with van der Waals surface area (Å²) in [6.45, 7) is 9.96. The van der Waals surface area contributed by atoms with Gasteiger partial charge in [0.05, 0.1) is 28.5 Å². The third-order valence-corrected chi connectivity index (χ3v) is 7.72. The van der Waals surface area contributed by atoms with Crippen LogP contribution >= 0.6 is 23.8 Å². The Morgan fingerprint density at radius 3 is 2.49 bits per heavy atom. The van der Waals surface area contributed by atoms with Gasteiger partial charge >= 0.3 is 0 Å². The van der Waals surface area contributed by atoms with Gasteiger partial charge in [0, 0.05) is 35.4 Å². The number of hydrogen-bond acceptors (Lipinski definition) is 4. The fourth-order valence-electron chi connectivity index (χ4n) is 5.11. The highest BCUT2D eigenvalue weighted by Crippen LogP contribution is 2.44. The molecule has 0 saturated carbocycles. The normalized spacial score (nSPS) is 17.0. The van der Waals surface area contributed by atoms with E-state index < -0.39 is 0 Å². The van der Waals surface area contributed by atoms with E-state index in [4.69, 9.17) is 23.8 Å². The summed E-state index contributed by atoms with van der Waals surface area (Å²) in [5, 5.41) is 7.43. The molecule has 0 aliphatic carbocycles. The SMILES string of the molecule is Cc1cccnc1-n1c(C)cc([C@H]2[C@H](c3ccccn3)NC(=S)N2c2ccc(NC(=O)C(C)C)c(Cl)c2)c1C. The van der Waals surface area contributed by atoms with Crippen molar-refractivity contribution in [2.75, 3.05) is 10.2 Å². The number of hydrogen-bond donors (Lipinski definition) is 2. The van der Waals surface area contributed by atoms with Crippen molar-refractivity contribution < 1.29 is 4.79 Å². The molecule has 0 radical (unpaired) electrons. The Kier molecular flexibility index (Phi) is 7.42. The number of thiocarbonyl (C=S) groups is 1. The van der Waals surface area contributed by atoms with Gasteiger partial charge in [-0.2, -0.15) is 0 Å². The number of nitrogens with one attached hydrogen (secondary N) is 2. The Hall–Kier alpha value is -3.75. The fraction of sp³-hybridized carbons (Fsp3) is 0.267. The van der Waals surface area contributed by atoms with Crippen LogP contribution in [-0.4, -0.2) is 25.6 Å². The number of rotatable bonds is 6. The minimum atomic E-state index is -0.205. The van der Waals surface area contributed by atoms with Crippen LogP contribution in [0.4, 0.5) is 11.4 Å². The maximum Gasteiger partial charge on any atom is 0.226 e. The van der Waals surface area contributed by atoms with Gasteiger partial charge in [-0.1, -0.05) is 37.6 Å². The zero-order valence-electron chi connectivity index (χ0n) is 22.6. The van der Waals surface area contributed by atoms with Crippen molar-refractivity contribution in [2.24, 2.45) is 5.92 Å². The molecular formula is C30H31ClN6OS. The lowest BCUT2D eigenvalue weighted by Crippen LogP contribution is -2.29. The lowest BCUT2D eigenvalue weighted by Gasteiger charge is -2.28. The Labute approximate surface area is 239 Å². The predicted molar refractivity (Wildman–Crippen MR) is 161 cm³/mol. The Balaban J connectivity index is 1.63. The molecule has 5 rings (SSSR count). The molecule has 0 bridgehead atoms. The van der Waals surface area contributed by atoms with E-state index in [9.17, 15) is 4.79 Å². The highest BCUT2D eigenvalue weighted by atomic mass is 35.5. The van der Waals surface area contributed by atoms with E-state index in [1.807, 2.05) is 62.5 Å². The quantitative estimate of drug-likeness (QED) is 0.259. The molecule has 1 fully saturated rings. The first-order valence-electron chi connectivity index (χ1n) is 12.9. The van der Waals surface area contributed by atoms with Crippen molar-refractivity contribution >= 4 is 46.2 Å². The first kappa shape index (κ1) is 26.8. The Morgan fingerprint density at radius 1 is 1.05 bits per heavy atom. The molecule has 1 aliphatic heterocycles. The number of halogens is 1. The van der Waals surface area contributed by atoms with Gasteiger partial charge in [-0.15, -0.1) is 0 Å². The highest BCUT2D eigenvalue weighted by Gasteiger charge is 2.42. The molecule has 0 unspecified atom stereocenters. The monoisotopic (exact) mass is 558 g/mol. The summed E-state index contributed by atoms with van der Waals surface area (Å²) >= 11 is 12.6. The lowest BCUT2D eigenvalue weighted by molar-refractivity contribution is -0.118. The number of anilines is 2. The zero-order valence-corrected chi connectivity index (χ0v) is 24.1. The van der Waals surface area contributed by atoms with Crippen molar-refractivity contribution in [1.29, 1.82) is 0 Å². The third-order valence-electron chi connectivity index (χ3n) is 7.09. The number of aromatic nitrogens is 3. The van der Waals surface area contributed by atoms with Gasteiger partial charge < -0.3 is 20.1 Å². The summed E-state index contributed by atoms with van der Waals surface area (Å²) < 4.78 is 2.19. The van der Waals surface area contributed by atoms with E-state index in [0.717, 1.165) is 39.7 Å². The van der Waals surface area contributed by atoms with Crippen molar-refractivity contribution in [3.63, 3.8) is 0 Å². The number of pyridine rings is 2. The van der Waals surface area contributed by atoms with E-state index in [1.165, 1.54) is 0 Å². The average Bonchev–Trinajstić information content (AvgIpc) is 3.41. The molecule has 1 aliphatic rings. The molecule has 3 aromatic heterocycles. The van der Waals surface area contributed by atoms with Gasteiger partial charge in [0.1, 0.15) is 5.82 Å². The van der Waals surface area contributed by atoms with E-state index >= 15 is 0 Å². The number of aryl methyl sites for hydroxylation is 2. The molecule has 7 nitrogen and oxygen atoms in total. The van der Waals surface area contributed by atoms with Crippen LogP contribution in [0.5, 0.6) is 0 Å². The number of nitrogens with zero attached hydrogens (tertiary/aromatic N) is 4. The number of carbonyl (C=O) groups excluding carboxylic acids is 1. The largest absolute Gasteiger partial charge is 0.351 e. The molecule has 9 heteroatoms. The van der Waals surface area contributed by atoms with Crippen molar-refractivity contribution in [3.05, 3.63) is 100 Å². The summed E-state index contributed by atoms with van der Waals surface area (Å²) in [5.74, 6) is 0.660. The molecule has 1 saturated heterocycles. The Bertz CT molecular complexity index is 1550. The summed E-state index contributed by atoms with van der Waals surface area (Å²) in [7, 11) is 0. The van der Waals surface area contributed by atoms with Crippen molar-refractivity contribution in [1.82, 2.24) is 19.9 Å². The molecule has 200 valence electrons. The Morgan fingerprint density at radius 2 is 1.82 bits per heavy atom. The highest BCUT2D eigenvalue weighted by molar-refractivity contribution is 7.80. The van der Waals surface area contributed by atoms with E-state index in [-0.39, 0.29) is 23.9 Å². The van der Waals surface area contributed by atoms with E-state index in [0.29, 0.717) is 15.8 Å². The molecule has 1 aromatic carbocycles. The summed E-state index contributed by atoms with van der Waals surface area (Å²) in [5.41, 5.74) is 6.62. The molecule has 1 amide bonds. The summed E-state index contributed by atoms with van der Waals surface area (Å²) in [6.07, 6.45) is 3.61. The van der Waals surface area contributed by atoms with E-state index in [2.05, 4.69) is 63.0 Å². The first-order valence-corrected chi connectivity index (χ1v) is 13.7. The van der Waals surface area contributed by atoms with Gasteiger partial charge in [-0.05, 0) is 86.6 Å². The molecule has 4 aromatic rings. The van der Waals surface area contributed by atoms with Crippen LogP contribution in [0.3, 0.4) is 0 Å². The van der Waals surface area contributed by atoms with Crippen LogP contribution in [0.25, 0.3) is 5.82 Å². The maximum absolute atomic E-state index is 12.3. The van der Waals surface area contributed by atoms with Crippen LogP contribution in [0.1, 0.15) is 54.1 Å². The topological polar surface area (TPSA) is 75.1 Å². The molecule has 0 spiro atoms. The van der Waals surface area contributed by atoms with Gasteiger partial charge in [-0.25, -0.2) is 4.98 Å².